The largest absolute Gasteiger partial charge is 0.394 e. The summed E-state index contributed by atoms with van der Waals surface area (Å²) >= 11 is 0. The molecule has 1 unspecified atom stereocenters. The first-order valence-electron chi connectivity index (χ1n) is 6.55. The van der Waals surface area contributed by atoms with Crippen LogP contribution < -0.4 is 5.32 Å². The van der Waals surface area contributed by atoms with Crippen LogP contribution in [0.2, 0.25) is 0 Å². The van der Waals surface area contributed by atoms with E-state index in [1.807, 2.05) is 44.4 Å². The summed E-state index contributed by atoms with van der Waals surface area (Å²) < 4.78 is 0. The zero-order chi connectivity index (χ0) is 13.7. The average molecular weight is 259 g/mol. The van der Waals surface area contributed by atoms with Gasteiger partial charge in [0.1, 0.15) is 0 Å². The second kappa shape index (κ2) is 6.61. The van der Waals surface area contributed by atoms with Gasteiger partial charge in [-0.3, -0.25) is 4.98 Å². The second-order valence-electron chi connectivity index (χ2n) is 4.91. The summed E-state index contributed by atoms with van der Waals surface area (Å²) in [5.41, 5.74) is 2.01. The molecule has 102 valence electrons. The summed E-state index contributed by atoms with van der Waals surface area (Å²) in [7, 11) is 4.07. The lowest BCUT2D eigenvalue weighted by atomic mass is 10.0. The van der Waals surface area contributed by atoms with Gasteiger partial charge in [0.05, 0.1) is 18.2 Å². The maximum Gasteiger partial charge on any atom is 0.0750 e. The molecule has 0 amide bonds. The van der Waals surface area contributed by atoms with Gasteiger partial charge in [-0.2, -0.15) is 0 Å². The number of likely N-dealkylation sites (N-methyl/N-ethyl adjacent to an activating group) is 1. The van der Waals surface area contributed by atoms with E-state index in [-0.39, 0.29) is 12.6 Å². The predicted octanol–water partition coefficient (Wildman–Crippen LogP) is 1.42. The molecule has 0 radical (unpaired) electrons. The fraction of sp³-hybridized carbons (Fsp3) is 0.400. The SMILES string of the molecule is CN(C)CCNC(CO)c1cccc2cccnc12. The number of hydrogen-bond donors (Lipinski definition) is 2. The number of rotatable bonds is 6. The molecule has 0 bridgehead atoms. The van der Waals surface area contributed by atoms with E-state index in [1.165, 1.54) is 0 Å². The minimum atomic E-state index is -0.0708. The number of hydrogen-bond acceptors (Lipinski definition) is 4. The van der Waals surface area contributed by atoms with Crippen molar-refractivity contribution >= 4 is 10.9 Å². The van der Waals surface area contributed by atoms with Gasteiger partial charge >= 0.3 is 0 Å². The molecular formula is C15H21N3O. The first kappa shape index (κ1) is 13.9. The van der Waals surface area contributed by atoms with Crippen LogP contribution in [0.4, 0.5) is 0 Å². The Kier molecular flexibility index (Phi) is 4.85. The predicted molar refractivity (Wildman–Crippen MR) is 78.1 cm³/mol. The highest BCUT2D eigenvalue weighted by molar-refractivity contribution is 5.82. The zero-order valence-electron chi connectivity index (χ0n) is 11.5. The molecule has 2 N–H and O–H groups in total. The van der Waals surface area contributed by atoms with E-state index in [0.29, 0.717) is 0 Å². The Balaban J connectivity index is 2.20. The van der Waals surface area contributed by atoms with Crippen molar-refractivity contribution < 1.29 is 5.11 Å². The van der Waals surface area contributed by atoms with E-state index >= 15 is 0 Å². The van der Waals surface area contributed by atoms with Gasteiger partial charge in [-0.25, -0.2) is 0 Å². The van der Waals surface area contributed by atoms with Gasteiger partial charge in [0, 0.05) is 24.7 Å². The fourth-order valence-electron chi connectivity index (χ4n) is 2.14. The molecule has 0 saturated heterocycles. The van der Waals surface area contributed by atoms with Gasteiger partial charge in [-0.15, -0.1) is 0 Å². The van der Waals surface area contributed by atoms with Crippen LogP contribution in [0.15, 0.2) is 36.5 Å². The molecule has 4 heteroatoms. The molecule has 0 aliphatic carbocycles. The molecule has 0 fully saturated rings. The summed E-state index contributed by atoms with van der Waals surface area (Å²) in [6, 6.07) is 9.98. The monoisotopic (exact) mass is 259 g/mol. The standard InChI is InChI=1S/C15H21N3O/c1-18(2)10-9-16-14(11-19)13-7-3-5-12-6-4-8-17-15(12)13/h3-8,14,16,19H,9-11H2,1-2H3. The number of pyridine rings is 1. The van der Waals surface area contributed by atoms with Crippen molar-refractivity contribution in [2.45, 2.75) is 6.04 Å². The normalized spacial score (nSPS) is 13.1. The fourth-order valence-corrected chi connectivity index (χ4v) is 2.14. The Morgan fingerprint density at radius 1 is 1.26 bits per heavy atom. The molecule has 1 aromatic heterocycles. The summed E-state index contributed by atoms with van der Waals surface area (Å²) in [6.45, 7) is 1.85. The van der Waals surface area contributed by atoms with Crippen LogP contribution in [0.1, 0.15) is 11.6 Å². The van der Waals surface area contributed by atoms with Gasteiger partial charge in [-0.05, 0) is 25.7 Å². The maximum atomic E-state index is 9.60. The van der Waals surface area contributed by atoms with E-state index in [4.69, 9.17) is 0 Å². The summed E-state index contributed by atoms with van der Waals surface area (Å²) in [4.78, 5) is 6.55. The minimum Gasteiger partial charge on any atom is -0.394 e. The molecule has 2 aromatic rings. The number of para-hydroxylation sites is 1. The highest BCUT2D eigenvalue weighted by Gasteiger charge is 2.13. The number of aromatic nitrogens is 1. The van der Waals surface area contributed by atoms with Crippen molar-refractivity contribution in [3.63, 3.8) is 0 Å². The van der Waals surface area contributed by atoms with Crippen LogP contribution in [0.5, 0.6) is 0 Å². The Morgan fingerprint density at radius 3 is 2.79 bits per heavy atom. The minimum absolute atomic E-state index is 0.0708. The Bertz CT molecular complexity index is 522. The third kappa shape index (κ3) is 3.50. The van der Waals surface area contributed by atoms with Crippen LogP contribution in [-0.2, 0) is 0 Å². The number of benzene rings is 1. The highest BCUT2D eigenvalue weighted by atomic mass is 16.3. The van der Waals surface area contributed by atoms with Gasteiger partial charge in [0.25, 0.3) is 0 Å². The quantitative estimate of drug-likeness (QED) is 0.823. The Morgan fingerprint density at radius 2 is 2.05 bits per heavy atom. The summed E-state index contributed by atoms with van der Waals surface area (Å²) in [5, 5.41) is 14.1. The molecule has 0 aliphatic heterocycles. The van der Waals surface area contributed by atoms with Gasteiger partial charge in [0.2, 0.25) is 0 Å². The van der Waals surface area contributed by atoms with Crippen LogP contribution in [-0.4, -0.2) is 48.8 Å². The average Bonchev–Trinajstić information content (AvgIpc) is 2.43. The van der Waals surface area contributed by atoms with Gasteiger partial charge < -0.3 is 15.3 Å². The van der Waals surface area contributed by atoms with Crippen molar-refractivity contribution in [3.8, 4) is 0 Å². The lowest BCUT2D eigenvalue weighted by molar-refractivity contribution is 0.241. The van der Waals surface area contributed by atoms with E-state index in [1.54, 1.807) is 6.20 Å². The zero-order valence-corrected chi connectivity index (χ0v) is 11.5. The van der Waals surface area contributed by atoms with Crippen molar-refractivity contribution in [1.29, 1.82) is 0 Å². The molecule has 1 atom stereocenters. The lowest BCUT2D eigenvalue weighted by Gasteiger charge is -2.19. The number of aliphatic hydroxyl groups is 1. The highest BCUT2D eigenvalue weighted by Crippen LogP contribution is 2.21. The Hall–Kier alpha value is -1.49. The second-order valence-corrected chi connectivity index (χ2v) is 4.91. The smallest absolute Gasteiger partial charge is 0.0750 e. The number of nitrogens with one attached hydrogen (secondary N) is 1. The third-order valence-corrected chi connectivity index (χ3v) is 3.17. The van der Waals surface area contributed by atoms with Crippen molar-refractivity contribution in [1.82, 2.24) is 15.2 Å². The lowest BCUT2D eigenvalue weighted by Crippen LogP contribution is -2.31. The third-order valence-electron chi connectivity index (χ3n) is 3.17. The maximum absolute atomic E-state index is 9.60. The summed E-state index contributed by atoms with van der Waals surface area (Å²) in [6.07, 6.45) is 1.79. The van der Waals surface area contributed by atoms with Crippen molar-refractivity contribution in [3.05, 3.63) is 42.1 Å². The van der Waals surface area contributed by atoms with E-state index < -0.39 is 0 Å². The van der Waals surface area contributed by atoms with Gasteiger partial charge in [0.15, 0.2) is 0 Å². The van der Waals surface area contributed by atoms with Crippen LogP contribution in [0.25, 0.3) is 10.9 Å². The molecular weight excluding hydrogens is 238 g/mol. The topological polar surface area (TPSA) is 48.4 Å². The van der Waals surface area contributed by atoms with Crippen LogP contribution >= 0.6 is 0 Å². The number of fused-ring (bicyclic) bond motifs is 1. The first-order valence-corrected chi connectivity index (χ1v) is 6.55. The molecule has 1 aromatic carbocycles. The van der Waals surface area contributed by atoms with E-state index in [2.05, 4.69) is 15.2 Å². The van der Waals surface area contributed by atoms with Crippen LogP contribution in [0, 0.1) is 0 Å². The van der Waals surface area contributed by atoms with E-state index in [9.17, 15) is 5.11 Å². The van der Waals surface area contributed by atoms with Crippen molar-refractivity contribution in [2.24, 2.45) is 0 Å². The van der Waals surface area contributed by atoms with Gasteiger partial charge in [-0.1, -0.05) is 24.3 Å². The molecule has 2 rings (SSSR count). The Labute approximate surface area is 114 Å². The van der Waals surface area contributed by atoms with Crippen LogP contribution in [0.3, 0.4) is 0 Å². The first-order chi connectivity index (χ1) is 9.22. The molecule has 0 aliphatic rings. The molecule has 4 nitrogen and oxygen atoms in total. The van der Waals surface area contributed by atoms with Crippen molar-refractivity contribution in [2.75, 3.05) is 33.8 Å². The molecule has 1 heterocycles. The molecule has 19 heavy (non-hydrogen) atoms. The van der Waals surface area contributed by atoms with E-state index in [0.717, 1.165) is 29.6 Å². The molecule has 0 spiro atoms. The molecule has 0 saturated carbocycles. The summed E-state index contributed by atoms with van der Waals surface area (Å²) in [5.74, 6) is 0. The number of nitrogens with zero attached hydrogens (tertiary/aromatic N) is 2. The number of aliphatic hydroxyl groups excluding tert-OH is 1.